The van der Waals surface area contributed by atoms with Crippen LogP contribution in [0.1, 0.15) is 51.4 Å². The van der Waals surface area contributed by atoms with Crippen molar-refractivity contribution >= 4 is 11.9 Å². The van der Waals surface area contributed by atoms with Gasteiger partial charge in [0.2, 0.25) is 5.91 Å². The topological polar surface area (TPSA) is 60.9 Å². The molecule has 5 nitrogen and oxygen atoms in total. The van der Waals surface area contributed by atoms with Crippen LogP contribution in [0.3, 0.4) is 0 Å². The lowest BCUT2D eigenvalue weighted by molar-refractivity contribution is -0.144. The van der Waals surface area contributed by atoms with Crippen molar-refractivity contribution < 1.29 is 14.7 Å². The number of aliphatic carboxylic acids is 1. The molecule has 0 aromatic carbocycles. The Morgan fingerprint density at radius 2 is 2.13 bits per heavy atom. The summed E-state index contributed by atoms with van der Waals surface area (Å²) in [4.78, 5) is 27.4. The number of carboxylic acid groups (broad SMARTS) is 1. The molecule has 0 saturated carbocycles. The second-order valence-corrected chi connectivity index (χ2v) is 7.23. The van der Waals surface area contributed by atoms with Crippen LogP contribution in [0.25, 0.3) is 0 Å². The summed E-state index contributed by atoms with van der Waals surface area (Å²) < 4.78 is 0. The predicted octanol–water partition coefficient (Wildman–Crippen LogP) is 2.27. The first kappa shape index (κ1) is 16.5. The number of allylic oxidation sites excluding steroid dienone is 1. The fraction of sp³-hybridized carbons (Fsp3) is 0.778. The molecule has 0 bridgehead atoms. The Bertz CT molecular complexity index is 489. The highest BCUT2D eigenvalue weighted by Crippen LogP contribution is 2.32. The lowest BCUT2D eigenvalue weighted by Gasteiger charge is -2.47. The molecule has 2 fully saturated rings. The number of likely N-dealkylation sites (tertiary alicyclic amines) is 2. The fourth-order valence-corrected chi connectivity index (χ4v) is 4.45. The van der Waals surface area contributed by atoms with Crippen molar-refractivity contribution in [2.24, 2.45) is 5.92 Å². The number of hydrogen-bond acceptors (Lipinski definition) is 3. The third kappa shape index (κ3) is 4.14. The summed E-state index contributed by atoms with van der Waals surface area (Å²) in [7, 11) is 0. The fourth-order valence-electron chi connectivity index (χ4n) is 4.45. The normalized spacial score (nSPS) is 29.1. The molecule has 3 aliphatic rings. The number of nitrogens with zero attached hydrogens (tertiary/aromatic N) is 2. The Kier molecular flexibility index (Phi) is 5.36. The van der Waals surface area contributed by atoms with Crippen LogP contribution in [-0.4, -0.2) is 59.0 Å². The van der Waals surface area contributed by atoms with Crippen molar-refractivity contribution in [3.05, 3.63) is 11.6 Å². The van der Waals surface area contributed by atoms with E-state index in [1.807, 2.05) is 4.90 Å². The Morgan fingerprint density at radius 1 is 1.26 bits per heavy atom. The molecule has 23 heavy (non-hydrogen) atoms. The molecule has 1 N–H and O–H groups in total. The van der Waals surface area contributed by atoms with Gasteiger partial charge in [-0.15, -0.1) is 0 Å². The van der Waals surface area contributed by atoms with Gasteiger partial charge in [-0.1, -0.05) is 11.6 Å². The monoisotopic (exact) mass is 320 g/mol. The standard InChI is InChI=1S/C18H28N2O3/c21-17-7-6-15-12-19(13-18(22)23)10-9-16(15)20(17)11-8-14-4-2-1-3-5-14/h4,15-16H,1-3,5-13H2,(H,22,23)/t15-,16+/m0/s1. The number of carbonyl (C=O) groups is 2. The molecule has 0 radical (unpaired) electrons. The molecule has 0 aromatic heterocycles. The number of fused-ring (bicyclic) bond motifs is 1. The van der Waals surface area contributed by atoms with E-state index < -0.39 is 5.97 Å². The lowest BCUT2D eigenvalue weighted by atomic mass is 9.83. The number of hydrogen-bond donors (Lipinski definition) is 1. The van der Waals surface area contributed by atoms with Gasteiger partial charge in [-0.05, 0) is 50.9 Å². The van der Waals surface area contributed by atoms with Crippen LogP contribution in [0.15, 0.2) is 11.6 Å². The van der Waals surface area contributed by atoms with Crippen molar-refractivity contribution in [1.82, 2.24) is 9.80 Å². The average Bonchev–Trinajstić information content (AvgIpc) is 2.54. The van der Waals surface area contributed by atoms with E-state index in [1.165, 1.54) is 31.3 Å². The summed E-state index contributed by atoms with van der Waals surface area (Å²) in [6, 6.07) is 0.325. The van der Waals surface area contributed by atoms with E-state index in [2.05, 4.69) is 11.0 Å². The SMILES string of the molecule is O=C(O)CN1CC[C@@H]2[C@@H](CCC(=O)N2CCC2=CCCCC2)C1. The smallest absolute Gasteiger partial charge is 0.317 e. The minimum atomic E-state index is -0.753. The molecular weight excluding hydrogens is 292 g/mol. The van der Waals surface area contributed by atoms with Crippen LogP contribution in [0.5, 0.6) is 0 Å². The molecule has 0 unspecified atom stereocenters. The molecule has 0 spiro atoms. The van der Waals surface area contributed by atoms with Crippen molar-refractivity contribution in [1.29, 1.82) is 0 Å². The van der Waals surface area contributed by atoms with E-state index in [-0.39, 0.29) is 6.54 Å². The largest absolute Gasteiger partial charge is 0.480 e. The quantitative estimate of drug-likeness (QED) is 0.790. The maximum absolute atomic E-state index is 12.4. The molecule has 5 heteroatoms. The van der Waals surface area contributed by atoms with Gasteiger partial charge in [0, 0.05) is 32.1 Å². The van der Waals surface area contributed by atoms with Crippen molar-refractivity contribution in [2.75, 3.05) is 26.2 Å². The summed E-state index contributed by atoms with van der Waals surface area (Å²) in [6.45, 7) is 2.60. The second kappa shape index (κ2) is 7.47. The van der Waals surface area contributed by atoms with Crippen molar-refractivity contribution in [3.8, 4) is 0 Å². The van der Waals surface area contributed by atoms with E-state index in [0.29, 0.717) is 24.3 Å². The highest BCUT2D eigenvalue weighted by Gasteiger charge is 2.39. The van der Waals surface area contributed by atoms with Gasteiger partial charge in [0.15, 0.2) is 0 Å². The van der Waals surface area contributed by atoms with E-state index in [0.717, 1.165) is 38.9 Å². The molecule has 3 rings (SSSR count). The molecule has 2 atom stereocenters. The third-order valence-electron chi connectivity index (χ3n) is 5.65. The Balaban J connectivity index is 1.58. The van der Waals surface area contributed by atoms with E-state index in [1.54, 1.807) is 0 Å². The molecule has 128 valence electrons. The van der Waals surface area contributed by atoms with Gasteiger partial charge in [0.05, 0.1) is 6.54 Å². The number of rotatable bonds is 5. The first-order valence-corrected chi connectivity index (χ1v) is 9.05. The Labute approximate surface area is 138 Å². The van der Waals surface area contributed by atoms with Crippen LogP contribution in [0, 0.1) is 5.92 Å². The number of amides is 1. The molecule has 2 saturated heterocycles. The van der Waals surface area contributed by atoms with Gasteiger partial charge in [0.25, 0.3) is 0 Å². The van der Waals surface area contributed by atoms with Gasteiger partial charge in [-0.2, -0.15) is 0 Å². The number of carboxylic acids is 1. The van der Waals surface area contributed by atoms with Gasteiger partial charge >= 0.3 is 5.97 Å². The van der Waals surface area contributed by atoms with E-state index in [4.69, 9.17) is 5.11 Å². The molecular formula is C18H28N2O3. The van der Waals surface area contributed by atoms with E-state index >= 15 is 0 Å². The predicted molar refractivity (Wildman–Crippen MR) is 88.1 cm³/mol. The Hall–Kier alpha value is -1.36. The first-order chi connectivity index (χ1) is 11.1. The summed E-state index contributed by atoms with van der Waals surface area (Å²) >= 11 is 0. The molecule has 2 heterocycles. The van der Waals surface area contributed by atoms with Crippen LogP contribution in [-0.2, 0) is 9.59 Å². The zero-order chi connectivity index (χ0) is 16.2. The molecule has 1 aliphatic carbocycles. The minimum absolute atomic E-state index is 0.129. The van der Waals surface area contributed by atoms with Gasteiger partial charge < -0.3 is 10.0 Å². The maximum atomic E-state index is 12.4. The highest BCUT2D eigenvalue weighted by molar-refractivity contribution is 5.77. The third-order valence-corrected chi connectivity index (χ3v) is 5.65. The highest BCUT2D eigenvalue weighted by atomic mass is 16.4. The van der Waals surface area contributed by atoms with Gasteiger partial charge in [-0.25, -0.2) is 0 Å². The van der Waals surface area contributed by atoms with Crippen LogP contribution in [0.4, 0.5) is 0 Å². The van der Waals surface area contributed by atoms with Gasteiger partial charge in [0.1, 0.15) is 0 Å². The second-order valence-electron chi connectivity index (χ2n) is 7.23. The summed E-state index contributed by atoms with van der Waals surface area (Å²) in [5.74, 6) is -0.00749. The van der Waals surface area contributed by atoms with Crippen LogP contribution < -0.4 is 0 Å². The molecule has 2 aliphatic heterocycles. The van der Waals surface area contributed by atoms with Crippen molar-refractivity contribution in [2.45, 2.75) is 57.4 Å². The van der Waals surface area contributed by atoms with Crippen LogP contribution in [0.2, 0.25) is 0 Å². The maximum Gasteiger partial charge on any atom is 0.317 e. The van der Waals surface area contributed by atoms with Crippen LogP contribution >= 0.6 is 0 Å². The van der Waals surface area contributed by atoms with Crippen molar-refractivity contribution in [3.63, 3.8) is 0 Å². The molecule has 1 amide bonds. The summed E-state index contributed by atoms with van der Waals surface area (Å²) in [5, 5.41) is 8.97. The summed E-state index contributed by atoms with van der Waals surface area (Å²) in [5.41, 5.74) is 1.52. The number of piperidine rings is 2. The summed E-state index contributed by atoms with van der Waals surface area (Å²) in [6.07, 6.45) is 10.8. The average molecular weight is 320 g/mol. The Morgan fingerprint density at radius 3 is 2.87 bits per heavy atom. The van der Waals surface area contributed by atoms with E-state index in [9.17, 15) is 9.59 Å². The zero-order valence-corrected chi connectivity index (χ0v) is 13.9. The first-order valence-electron chi connectivity index (χ1n) is 9.05. The zero-order valence-electron chi connectivity index (χ0n) is 13.9. The molecule has 0 aromatic rings. The van der Waals surface area contributed by atoms with Gasteiger partial charge in [-0.3, -0.25) is 14.5 Å². The number of carbonyl (C=O) groups excluding carboxylic acids is 1. The minimum Gasteiger partial charge on any atom is -0.480 e. The lowest BCUT2D eigenvalue weighted by Crippen LogP contribution is -2.56.